The van der Waals surface area contributed by atoms with E-state index in [1.54, 1.807) is 4.90 Å². The highest BCUT2D eigenvalue weighted by atomic mass is 16.4. The number of carbonyl (C=O) groups is 2. The number of nitrogens with one attached hydrogen (secondary N) is 1. The molecule has 2 aliphatic rings. The molecule has 0 saturated carbocycles. The Morgan fingerprint density at radius 3 is 2.81 bits per heavy atom. The Labute approximate surface area is 94.2 Å². The number of carbonyl (C=O) groups excluding carboxylic acids is 1. The van der Waals surface area contributed by atoms with Gasteiger partial charge < -0.3 is 20.2 Å². The first kappa shape index (κ1) is 11.0. The van der Waals surface area contributed by atoms with Crippen molar-refractivity contribution in [2.45, 2.75) is 31.8 Å². The number of nitrogens with zero attached hydrogens (tertiary/aromatic N) is 2. The molecule has 16 heavy (non-hydrogen) atoms. The Kier molecular flexibility index (Phi) is 2.89. The molecule has 0 aromatic heterocycles. The number of carboxylic acid groups (broad SMARTS) is 1. The van der Waals surface area contributed by atoms with Gasteiger partial charge in [-0.2, -0.15) is 0 Å². The largest absolute Gasteiger partial charge is 0.465 e. The van der Waals surface area contributed by atoms with Crippen molar-refractivity contribution in [3.8, 4) is 0 Å². The van der Waals surface area contributed by atoms with Gasteiger partial charge in [0.15, 0.2) is 0 Å². The zero-order valence-electron chi connectivity index (χ0n) is 9.35. The summed E-state index contributed by atoms with van der Waals surface area (Å²) in [5, 5.41) is 11.8. The molecule has 2 aliphatic heterocycles. The lowest BCUT2D eigenvalue weighted by molar-refractivity contribution is 0.103. The zero-order chi connectivity index (χ0) is 11.7. The summed E-state index contributed by atoms with van der Waals surface area (Å²) in [7, 11) is 0. The molecule has 2 heterocycles. The highest BCUT2D eigenvalue weighted by Crippen LogP contribution is 2.19. The molecule has 0 aromatic rings. The van der Waals surface area contributed by atoms with Crippen molar-refractivity contribution >= 4 is 12.1 Å². The van der Waals surface area contributed by atoms with Crippen molar-refractivity contribution < 1.29 is 14.7 Å². The second-order valence-corrected chi connectivity index (χ2v) is 4.53. The maximum absolute atomic E-state index is 11.6. The summed E-state index contributed by atoms with van der Waals surface area (Å²) < 4.78 is 0. The third-order valence-electron chi connectivity index (χ3n) is 3.21. The van der Waals surface area contributed by atoms with Gasteiger partial charge in [0.25, 0.3) is 0 Å². The molecule has 2 N–H and O–H groups in total. The minimum Gasteiger partial charge on any atom is -0.465 e. The summed E-state index contributed by atoms with van der Waals surface area (Å²) in [5.41, 5.74) is 0. The predicted molar refractivity (Wildman–Crippen MR) is 57.3 cm³/mol. The lowest BCUT2D eigenvalue weighted by Crippen LogP contribution is -2.50. The van der Waals surface area contributed by atoms with Crippen LogP contribution in [0, 0.1) is 0 Å². The molecule has 2 fully saturated rings. The molecule has 2 unspecified atom stereocenters. The average molecular weight is 227 g/mol. The van der Waals surface area contributed by atoms with Crippen molar-refractivity contribution in [3.63, 3.8) is 0 Å². The molecule has 90 valence electrons. The lowest BCUT2D eigenvalue weighted by Gasteiger charge is -2.35. The maximum atomic E-state index is 11.6. The fourth-order valence-corrected chi connectivity index (χ4v) is 2.42. The van der Waals surface area contributed by atoms with Gasteiger partial charge in [-0.25, -0.2) is 9.59 Å². The minimum absolute atomic E-state index is 0.0369. The van der Waals surface area contributed by atoms with E-state index in [1.807, 2.05) is 6.92 Å². The molecule has 2 rings (SSSR count). The number of urea groups is 1. The summed E-state index contributed by atoms with van der Waals surface area (Å²) >= 11 is 0. The van der Waals surface area contributed by atoms with Crippen LogP contribution in [0.15, 0.2) is 0 Å². The molecule has 0 aliphatic carbocycles. The molecule has 0 aromatic carbocycles. The average Bonchev–Trinajstić information content (AvgIpc) is 2.58. The zero-order valence-corrected chi connectivity index (χ0v) is 9.35. The molecule has 2 atom stereocenters. The van der Waals surface area contributed by atoms with Gasteiger partial charge in [0.1, 0.15) is 0 Å². The van der Waals surface area contributed by atoms with Crippen LogP contribution in [-0.4, -0.2) is 58.7 Å². The summed E-state index contributed by atoms with van der Waals surface area (Å²) in [6.07, 6.45) is 0.830. The third kappa shape index (κ3) is 2.05. The number of hydrogen-bond donors (Lipinski definition) is 2. The van der Waals surface area contributed by atoms with Crippen molar-refractivity contribution in [1.82, 2.24) is 15.1 Å². The highest BCUT2D eigenvalue weighted by molar-refractivity contribution is 5.77. The van der Waals surface area contributed by atoms with Crippen LogP contribution in [0.4, 0.5) is 9.59 Å². The number of likely N-dealkylation sites (tertiary alicyclic amines) is 1. The first-order valence-corrected chi connectivity index (χ1v) is 5.63. The Morgan fingerprint density at radius 2 is 2.25 bits per heavy atom. The van der Waals surface area contributed by atoms with Gasteiger partial charge in [-0.3, -0.25) is 0 Å². The quantitative estimate of drug-likeness (QED) is 0.686. The fraction of sp³-hybridized carbons (Fsp3) is 0.800. The van der Waals surface area contributed by atoms with Crippen molar-refractivity contribution in [3.05, 3.63) is 0 Å². The monoisotopic (exact) mass is 227 g/mol. The third-order valence-corrected chi connectivity index (χ3v) is 3.21. The standard InChI is InChI=1S/C10H17N3O3/c1-7-5-13(9(14)11-7)8-3-2-4-12(6-8)10(15)16/h7-8H,2-6H2,1H3,(H,11,14)(H,15,16). The number of piperidine rings is 1. The second kappa shape index (κ2) is 4.19. The Balaban J connectivity index is 1.99. The Morgan fingerprint density at radius 1 is 1.50 bits per heavy atom. The first-order valence-electron chi connectivity index (χ1n) is 5.63. The van der Waals surface area contributed by atoms with Crippen molar-refractivity contribution in [2.24, 2.45) is 0 Å². The fourth-order valence-electron chi connectivity index (χ4n) is 2.42. The summed E-state index contributed by atoms with van der Waals surface area (Å²) in [6.45, 7) is 3.65. The predicted octanol–water partition coefficient (Wildman–Crippen LogP) is 0.543. The van der Waals surface area contributed by atoms with E-state index in [1.165, 1.54) is 4.90 Å². The molecular formula is C10H17N3O3. The van der Waals surface area contributed by atoms with E-state index in [2.05, 4.69) is 5.32 Å². The normalized spacial score (nSPS) is 30.4. The maximum Gasteiger partial charge on any atom is 0.407 e. The van der Waals surface area contributed by atoms with Crippen LogP contribution in [-0.2, 0) is 0 Å². The summed E-state index contributed by atoms with van der Waals surface area (Å²) in [4.78, 5) is 25.6. The van der Waals surface area contributed by atoms with E-state index in [9.17, 15) is 9.59 Å². The SMILES string of the molecule is CC1CN(C2CCCN(C(=O)O)C2)C(=O)N1. The van der Waals surface area contributed by atoms with Gasteiger partial charge >= 0.3 is 12.1 Å². The van der Waals surface area contributed by atoms with Crippen LogP contribution in [0.1, 0.15) is 19.8 Å². The van der Waals surface area contributed by atoms with Crippen LogP contribution in [0.25, 0.3) is 0 Å². The minimum atomic E-state index is -0.891. The number of amides is 3. The van der Waals surface area contributed by atoms with Gasteiger partial charge in [0, 0.05) is 25.7 Å². The van der Waals surface area contributed by atoms with Gasteiger partial charge in [-0.05, 0) is 19.8 Å². The molecule has 3 amide bonds. The number of rotatable bonds is 1. The van der Waals surface area contributed by atoms with Crippen LogP contribution < -0.4 is 5.32 Å². The molecule has 2 saturated heterocycles. The topological polar surface area (TPSA) is 72.9 Å². The van der Waals surface area contributed by atoms with Crippen LogP contribution >= 0.6 is 0 Å². The van der Waals surface area contributed by atoms with Crippen LogP contribution in [0.5, 0.6) is 0 Å². The van der Waals surface area contributed by atoms with E-state index in [0.717, 1.165) is 12.8 Å². The van der Waals surface area contributed by atoms with Crippen molar-refractivity contribution in [2.75, 3.05) is 19.6 Å². The molecule has 6 heteroatoms. The molecule has 0 spiro atoms. The van der Waals surface area contributed by atoms with E-state index in [0.29, 0.717) is 19.6 Å². The Bertz CT molecular complexity index is 308. The highest BCUT2D eigenvalue weighted by Gasteiger charge is 2.35. The van der Waals surface area contributed by atoms with E-state index in [-0.39, 0.29) is 18.1 Å². The Hall–Kier alpha value is -1.46. The molecule has 0 bridgehead atoms. The summed E-state index contributed by atoms with van der Waals surface area (Å²) in [6, 6.07) is 0.132. The van der Waals surface area contributed by atoms with Gasteiger partial charge in [-0.15, -0.1) is 0 Å². The van der Waals surface area contributed by atoms with Gasteiger partial charge in [0.05, 0.1) is 6.04 Å². The van der Waals surface area contributed by atoms with Gasteiger partial charge in [-0.1, -0.05) is 0 Å². The van der Waals surface area contributed by atoms with Gasteiger partial charge in [0.2, 0.25) is 0 Å². The molecule has 6 nitrogen and oxygen atoms in total. The molecule has 0 radical (unpaired) electrons. The summed E-state index contributed by atoms with van der Waals surface area (Å²) in [5.74, 6) is 0. The smallest absolute Gasteiger partial charge is 0.407 e. The van der Waals surface area contributed by atoms with Crippen LogP contribution in [0.2, 0.25) is 0 Å². The second-order valence-electron chi connectivity index (χ2n) is 4.53. The number of hydrogen-bond acceptors (Lipinski definition) is 2. The van der Waals surface area contributed by atoms with Crippen LogP contribution in [0.3, 0.4) is 0 Å². The molecular weight excluding hydrogens is 210 g/mol. The van der Waals surface area contributed by atoms with Crippen molar-refractivity contribution in [1.29, 1.82) is 0 Å². The van der Waals surface area contributed by atoms with E-state index >= 15 is 0 Å². The first-order chi connectivity index (χ1) is 7.58. The van der Waals surface area contributed by atoms with E-state index in [4.69, 9.17) is 5.11 Å². The van der Waals surface area contributed by atoms with E-state index < -0.39 is 6.09 Å². The lowest BCUT2D eigenvalue weighted by atomic mass is 10.0.